The Hall–Kier alpha value is -2.08. The standard InChI is InChI=1S/C13H12ClNO5/c1-20-13(19)7-5-10(16)15(6-7)9-4-2-3-8(14)11(9)12(17)18/h2-4,7H,5-6H2,1H3,(H,17,18). The summed E-state index contributed by atoms with van der Waals surface area (Å²) in [4.78, 5) is 36.0. The van der Waals surface area contributed by atoms with E-state index in [4.69, 9.17) is 11.6 Å². The SMILES string of the molecule is COC(=O)C1CC(=O)N(c2cccc(Cl)c2C(=O)O)C1. The van der Waals surface area contributed by atoms with Crippen molar-refractivity contribution in [2.24, 2.45) is 5.92 Å². The van der Waals surface area contributed by atoms with Crippen LogP contribution in [0.1, 0.15) is 16.8 Å². The van der Waals surface area contributed by atoms with Crippen LogP contribution < -0.4 is 4.90 Å². The van der Waals surface area contributed by atoms with Crippen molar-refractivity contribution in [2.45, 2.75) is 6.42 Å². The molecule has 0 saturated carbocycles. The summed E-state index contributed by atoms with van der Waals surface area (Å²) in [5.74, 6) is -2.63. The van der Waals surface area contributed by atoms with Crippen molar-refractivity contribution in [3.05, 3.63) is 28.8 Å². The van der Waals surface area contributed by atoms with Crippen LogP contribution in [0.25, 0.3) is 0 Å². The Morgan fingerprint density at radius 2 is 2.15 bits per heavy atom. The summed E-state index contributed by atoms with van der Waals surface area (Å²) in [5.41, 5.74) is 0.0504. The molecule has 0 radical (unpaired) electrons. The second-order valence-electron chi connectivity index (χ2n) is 4.37. The second kappa shape index (κ2) is 5.50. The molecule has 7 heteroatoms. The lowest BCUT2D eigenvalue weighted by molar-refractivity contribution is -0.145. The number of carboxylic acids is 1. The maximum Gasteiger partial charge on any atom is 0.339 e. The van der Waals surface area contributed by atoms with Gasteiger partial charge in [-0.25, -0.2) is 4.79 Å². The van der Waals surface area contributed by atoms with Gasteiger partial charge in [0.15, 0.2) is 0 Å². The van der Waals surface area contributed by atoms with E-state index >= 15 is 0 Å². The molecule has 0 aliphatic carbocycles. The number of anilines is 1. The monoisotopic (exact) mass is 297 g/mol. The number of amides is 1. The third kappa shape index (κ3) is 2.46. The number of hydrogen-bond acceptors (Lipinski definition) is 4. The molecule has 6 nitrogen and oxygen atoms in total. The van der Waals surface area contributed by atoms with Gasteiger partial charge < -0.3 is 14.7 Å². The molecule has 20 heavy (non-hydrogen) atoms. The van der Waals surface area contributed by atoms with E-state index in [0.29, 0.717) is 0 Å². The highest BCUT2D eigenvalue weighted by atomic mass is 35.5. The molecule has 1 saturated heterocycles. The molecule has 0 spiro atoms. The zero-order chi connectivity index (χ0) is 14.9. The van der Waals surface area contributed by atoms with Gasteiger partial charge in [-0.15, -0.1) is 0 Å². The van der Waals surface area contributed by atoms with Crippen LogP contribution in [0.4, 0.5) is 5.69 Å². The normalized spacial score (nSPS) is 18.2. The van der Waals surface area contributed by atoms with Gasteiger partial charge >= 0.3 is 11.9 Å². The zero-order valence-corrected chi connectivity index (χ0v) is 11.4. The summed E-state index contributed by atoms with van der Waals surface area (Å²) in [6.07, 6.45) is -0.00174. The number of carbonyl (C=O) groups is 3. The van der Waals surface area contributed by atoms with E-state index in [9.17, 15) is 19.5 Å². The number of halogens is 1. The first-order valence-electron chi connectivity index (χ1n) is 5.85. The molecule has 1 aliphatic rings. The highest BCUT2D eigenvalue weighted by Gasteiger charge is 2.37. The fraction of sp³-hybridized carbons (Fsp3) is 0.308. The van der Waals surface area contributed by atoms with Gasteiger partial charge in [0.2, 0.25) is 5.91 Å². The lowest BCUT2D eigenvalue weighted by Gasteiger charge is -2.19. The second-order valence-corrected chi connectivity index (χ2v) is 4.77. The van der Waals surface area contributed by atoms with Crippen LogP contribution >= 0.6 is 11.6 Å². The van der Waals surface area contributed by atoms with E-state index < -0.39 is 17.9 Å². The van der Waals surface area contributed by atoms with Crippen molar-refractivity contribution in [2.75, 3.05) is 18.6 Å². The first-order chi connectivity index (χ1) is 9.45. The number of nitrogens with zero attached hydrogens (tertiary/aromatic N) is 1. The van der Waals surface area contributed by atoms with Gasteiger partial charge in [0, 0.05) is 13.0 Å². The number of benzene rings is 1. The van der Waals surface area contributed by atoms with Crippen molar-refractivity contribution < 1.29 is 24.2 Å². The van der Waals surface area contributed by atoms with Gasteiger partial charge in [-0.1, -0.05) is 17.7 Å². The quantitative estimate of drug-likeness (QED) is 0.856. The Morgan fingerprint density at radius 3 is 2.75 bits per heavy atom. The molecule has 1 N–H and O–H groups in total. The van der Waals surface area contributed by atoms with Crippen LogP contribution in [0.3, 0.4) is 0 Å². The predicted octanol–water partition coefficient (Wildman–Crippen LogP) is 1.56. The Kier molecular flexibility index (Phi) is 3.94. The van der Waals surface area contributed by atoms with E-state index in [1.807, 2.05) is 0 Å². The first-order valence-corrected chi connectivity index (χ1v) is 6.23. The van der Waals surface area contributed by atoms with Crippen LogP contribution in [-0.2, 0) is 14.3 Å². The maximum absolute atomic E-state index is 12.0. The number of rotatable bonds is 3. The van der Waals surface area contributed by atoms with Gasteiger partial charge in [0.1, 0.15) is 5.56 Å². The summed E-state index contributed by atoms with van der Waals surface area (Å²) in [6, 6.07) is 4.49. The van der Waals surface area contributed by atoms with Gasteiger partial charge in [-0.2, -0.15) is 0 Å². The van der Waals surface area contributed by atoms with Crippen molar-refractivity contribution >= 4 is 35.1 Å². The topological polar surface area (TPSA) is 83.9 Å². The zero-order valence-electron chi connectivity index (χ0n) is 10.6. The predicted molar refractivity (Wildman–Crippen MR) is 70.9 cm³/mol. The molecular weight excluding hydrogens is 286 g/mol. The lowest BCUT2D eigenvalue weighted by Crippen LogP contribution is -2.28. The lowest BCUT2D eigenvalue weighted by atomic mass is 10.1. The molecule has 1 aliphatic heterocycles. The third-order valence-electron chi connectivity index (χ3n) is 3.16. The molecule has 1 fully saturated rings. The Morgan fingerprint density at radius 1 is 1.45 bits per heavy atom. The molecular formula is C13H12ClNO5. The van der Waals surface area contributed by atoms with E-state index in [2.05, 4.69) is 4.74 Å². The molecule has 1 amide bonds. The largest absolute Gasteiger partial charge is 0.478 e. The highest BCUT2D eigenvalue weighted by Crippen LogP contribution is 2.32. The minimum atomic E-state index is -1.22. The van der Waals surface area contributed by atoms with Gasteiger partial charge in [0.25, 0.3) is 0 Å². The molecule has 1 aromatic rings. The molecule has 1 heterocycles. The number of aromatic carboxylic acids is 1. The summed E-state index contributed by atoms with van der Waals surface area (Å²) >= 11 is 5.87. The van der Waals surface area contributed by atoms with Crippen molar-refractivity contribution in [1.29, 1.82) is 0 Å². The van der Waals surface area contributed by atoms with Gasteiger partial charge in [0.05, 0.1) is 23.7 Å². The van der Waals surface area contributed by atoms with E-state index in [1.54, 1.807) is 6.07 Å². The summed E-state index contributed by atoms with van der Waals surface area (Å²) in [7, 11) is 1.25. The van der Waals surface area contributed by atoms with Crippen molar-refractivity contribution in [3.63, 3.8) is 0 Å². The first kappa shape index (κ1) is 14.3. The highest BCUT2D eigenvalue weighted by molar-refractivity contribution is 6.34. The fourth-order valence-corrected chi connectivity index (χ4v) is 2.46. The van der Waals surface area contributed by atoms with Gasteiger partial charge in [-0.3, -0.25) is 9.59 Å². The summed E-state index contributed by atoms with van der Waals surface area (Å²) in [5, 5.41) is 9.25. The number of carboxylic acid groups (broad SMARTS) is 1. The number of methoxy groups -OCH3 is 1. The fourth-order valence-electron chi connectivity index (χ4n) is 2.21. The average Bonchev–Trinajstić information content (AvgIpc) is 2.79. The number of ether oxygens (including phenoxy) is 1. The van der Waals surface area contributed by atoms with Crippen LogP contribution in [0.2, 0.25) is 5.02 Å². The van der Waals surface area contributed by atoms with Crippen LogP contribution in [-0.4, -0.2) is 36.6 Å². The Bertz CT molecular complexity index is 586. The van der Waals surface area contributed by atoms with Crippen molar-refractivity contribution in [1.82, 2.24) is 0 Å². The number of carbonyl (C=O) groups excluding carboxylic acids is 2. The van der Waals surface area contributed by atoms with Crippen molar-refractivity contribution in [3.8, 4) is 0 Å². The number of hydrogen-bond donors (Lipinski definition) is 1. The maximum atomic E-state index is 12.0. The molecule has 2 rings (SSSR count). The van der Waals surface area contributed by atoms with Gasteiger partial charge in [-0.05, 0) is 12.1 Å². The Balaban J connectivity index is 2.38. The Labute approximate surface area is 119 Å². The number of esters is 1. The van der Waals surface area contributed by atoms with Crippen LogP contribution in [0.15, 0.2) is 18.2 Å². The molecule has 1 atom stereocenters. The average molecular weight is 298 g/mol. The van der Waals surface area contributed by atoms with E-state index in [0.717, 1.165) is 0 Å². The van der Waals surface area contributed by atoms with E-state index in [-0.39, 0.29) is 35.1 Å². The third-order valence-corrected chi connectivity index (χ3v) is 3.47. The minimum absolute atomic E-state index is 0.00174. The molecule has 1 unspecified atom stereocenters. The molecule has 0 aromatic heterocycles. The van der Waals surface area contributed by atoms with Crippen LogP contribution in [0.5, 0.6) is 0 Å². The molecule has 1 aromatic carbocycles. The smallest absolute Gasteiger partial charge is 0.339 e. The molecule has 106 valence electrons. The summed E-state index contributed by atoms with van der Waals surface area (Å²) < 4.78 is 4.61. The minimum Gasteiger partial charge on any atom is -0.478 e. The molecule has 0 bridgehead atoms. The van der Waals surface area contributed by atoms with E-state index in [1.165, 1.54) is 24.1 Å². The van der Waals surface area contributed by atoms with Crippen LogP contribution in [0, 0.1) is 5.92 Å². The summed E-state index contributed by atoms with van der Waals surface area (Å²) in [6.45, 7) is 0.0894.